The fourth-order valence-electron chi connectivity index (χ4n) is 2.12. The molecule has 1 aromatic carbocycles. The highest BCUT2D eigenvalue weighted by atomic mass is 79.9. The molecular weight excluding hydrogens is 282 g/mol. The van der Waals surface area contributed by atoms with Gasteiger partial charge in [0.15, 0.2) is 0 Å². The molecule has 1 fully saturated rings. The first-order valence-corrected chi connectivity index (χ1v) is 6.60. The molecule has 1 aliphatic heterocycles. The average molecular weight is 298 g/mol. The van der Waals surface area contributed by atoms with E-state index < -0.39 is 0 Å². The van der Waals surface area contributed by atoms with Crippen LogP contribution in [0.4, 0.5) is 0 Å². The number of rotatable bonds is 1. The number of aliphatic hydroxyl groups excluding tert-OH is 1. The molecule has 0 radical (unpaired) electrons. The second-order valence-electron chi connectivity index (χ2n) is 4.59. The van der Waals surface area contributed by atoms with Crippen molar-refractivity contribution in [3.8, 4) is 0 Å². The van der Waals surface area contributed by atoms with Crippen molar-refractivity contribution in [1.82, 2.24) is 4.90 Å². The Bertz CT molecular complexity index is 422. The summed E-state index contributed by atoms with van der Waals surface area (Å²) in [4.78, 5) is 14.0. The molecular formula is C13H16BrNO2. The summed E-state index contributed by atoms with van der Waals surface area (Å²) < 4.78 is 0.911. The number of nitrogens with zero attached hydrogens (tertiary/aromatic N) is 1. The highest BCUT2D eigenvalue weighted by molar-refractivity contribution is 9.10. The molecule has 4 heteroatoms. The Morgan fingerprint density at radius 1 is 1.53 bits per heavy atom. The monoisotopic (exact) mass is 297 g/mol. The number of hydrogen-bond donors (Lipinski definition) is 1. The number of carbonyl (C=O) groups is 1. The van der Waals surface area contributed by atoms with Crippen LogP contribution < -0.4 is 0 Å². The molecule has 0 aromatic heterocycles. The van der Waals surface area contributed by atoms with Gasteiger partial charge in [0.25, 0.3) is 5.91 Å². The standard InChI is InChI=1S/C13H16BrNO2/c1-9-8-15(6-5-12(9)16)13(17)10-3-2-4-11(14)7-10/h2-4,7,9,12,16H,5-6,8H2,1H3. The van der Waals surface area contributed by atoms with Crippen molar-refractivity contribution in [2.24, 2.45) is 5.92 Å². The minimum atomic E-state index is -0.276. The predicted octanol–water partition coefficient (Wildman–Crippen LogP) is 2.29. The van der Waals surface area contributed by atoms with Crippen molar-refractivity contribution in [3.05, 3.63) is 34.3 Å². The first-order valence-electron chi connectivity index (χ1n) is 5.81. The Labute approximate surface area is 110 Å². The van der Waals surface area contributed by atoms with Gasteiger partial charge >= 0.3 is 0 Å². The Balaban J connectivity index is 2.10. The number of halogens is 1. The third-order valence-electron chi connectivity index (χ3n) is 3.22. The fourth-order valence-corrected chi connectivity index (χ4v) is 2.52. The van der Waals surface area contributed by atoms with Gasteiger partial charge in [0.2, 0.25) is 0 Å². The maximum absolute atomic E-state index is 12.2. The van der Waals surface area contributed by atoms with Gasteiger partial charge in [-0.05, 0) is 30.5 Å². The molecule has 1 saturated heterocycles. The van der Waals surface area contributed by atoms with Crippen LogP contribution >= 0.6 is 15.9 Å². The van der Waals surface area contributed by atoms with Gasteiger partial charge in [-0.3, -0.25) is 4.79 Å². The molecule has 2 atom stereocenters. The zero-order valence-corrected chi connectivity index (χ0v) is 11.4. The quantitative estimate of drug-likeness (QED) is 0.864. The summed E-state index contributed by atoms with van der Waals surface area (Å²) in [5, 5.41) is 9.65. The lowest BCUT2D eigenvalue weighted by Gasteiger charge is -2.34. The summed E-state index contributed by atoms with van der Waals surface area (Å²) in [6.07, 6.45) is 0.391. The van der Waals surface area contributed by atoms with E-state index >= 15 is 0 Å². The van der Waals surface area contributed by atoms with Crippen LogP contribution in [0.25, 0.3) is 0 Å². The van der Waals surface area contributed by atoms with Crippen LogP contribution in [-0.4, -0.2) is 35.1 Å². The van der Waals surface area contributed by atoms with E-state index in [0.717, 1.165) is 4.47 Å². The van der Waals surface area contributed by atoms with E-state index in [0.29, 0.717) is 25.1 Å². The van der Waals surface area contributed by atoms with Gasteiger partial charge in [-0.25, -0.2) is 0 Å². The Hall–Kier alpha value is -0.870. The van der Waals surface area contributed by atoms with Crippen LogP contribution in [0.5, 0.6) is 0 Å². The summed E-state index contributed by atoms with van der Waals surface area (Å²) >= 11 is 3.37. The Kier molecular flexibility index (Phi) is 3.84. The molecule has 1 aromatic rings. The molecule has 0 bridgehead atoms. The summed E-state index contributed by atoms with van der Waals surface area (Å²) in [6, 6.07) is 7.42. The molecule has 1 amide bonds. The largest absolute Gasteiger partial charge is 0.393 e. The molecule has 1 N–H and O–H groups in total. The number of likely N-dealkylation sites (tertiary alicyclic amines) is 1. The maximum atomic E-state index is 12.2. The normalized spacial score (nSPS) is 24.8. The number of amides is 1. The number of benzene rings is 1. The highest BCUT2D eigenvalue weighted by Gasteiger charge is 2.27. The molecule has 2 unspecified atom stereocenters. The minimum Gasteiger partial charge on any atom is -0.393 e. The molecule has 17 heavy (non-hydrogen) atoms. The maximum Gasteiger partial charge on any atom is 0.253 e. The molecule has 0 aliphatic carbocycles. The average Bonchev–Trinajstić information content (AvgIpc) is 2.32. The van der Waals surface area contributed by atoms with Crippen molar-refractivity contribution < 1.29 is 9.90 Å². The third kappa shape index (κ3) is 2.87. The Morgan fingerprint density at radius 2 is 2.29 bits per heavy atom. The molecule has 0 spiro atoms. The number of hydrogen-bond acceptors (Lipinski definition) is 2. The van der Waals surface area contributed by atoms with E-state index in [9.17, 15) is 9.90 Å². The topological polar surface area (TPSA) is 40.5 Å². The highest BCUT2D eigenvalue weighted by Crippen LogP contribution is 2.20. The lowest BCUT2D eigenvalue weighted by Crippen LogP contribution is -2.44. The van der Waals surface area contributed by atoms with Gasteiger partial charge in [0.05, 0.1) is 6.10 Å². The molecule has 1 aliphatic rings. The molecule has 92 valence electrons. The second kappa shape index (κ2) is 5.19. The lowest BCUT2D eigenvalue weighted by molar-refractivity contribution is 0.0297. The lowest BCUT2D eigenvalue weighted by atomic mass is 9.96. The summed E-state index contributed by atoms with van der Waals surface area (Å²) in [6.45, 7) is 3.24. The summed E-state index contributed by atoms with van der Waals surface area (Å²) in [7, 11) is 0. The van der Waals surface area contributed by atoms with Crippen molar-refractivity contribution in [2.75, 3.05) is 13.1 Å². The van der Waals surface area contributed by atoms with Gasteiger partial charge in [-0.15, -0.1) is 0 Å². The van der Waals surface area contributed by atoms with Crippen LogP contribution in [-0.2, 0) is 0 Å². The van der Waals surface area contributed by atoms with E-state index in [1.807, 2.05) is 36.1 Å². The predicted molar refractivity (Wildman–Crippen MR) is 69.8 cm³/mol. The molecule has 1 heterocycles. The van der Waals surface area contributed by atoms with E-state index in [1.165, 1.54) is 0 Å². The summed E-state index contributed by atoms with van der Waals surface area (Å²) in [5.41, 5.74) is 0.697. The van der Waals surface area contributed by atoms with E-state index in [2.05, 4.69) is 15.9 Å². The van der Waals surface area contributed by atoms with Crippen molar-refractivity contribution >= 4 is 21.8 Å². The van der Waals surface area contributed by atoms with Crippen LogP contribution in [0.2, 0.25) is 0 Å². The third-order valence-corrected chi connectivity index (χ3v) is 3.71. The van der Waals surface area contributed by atoms with Crippen LogP contribution in [0.3, 0.4) is 0 Å². The Morgan fingerprint density at radius 3 is 2.94 bits per heavy atom. The molecule has 2 rings (SSSR count). The van der Waals surface area contributed by atoms with E-state index in [4.69, 9.17) is 0 Å². The van der Waals surface area contributed by atoms with E-state index in [-0.39, 0.29) is 17.9 Å². The first kappa shape index (κ1) is 12.6. The fraction of sp³-hybridized carbons (Fsp3) is 0.462. The number of carbonyl (C=O) groups excluding carboxylic acids is 1. The van der Waals surface area contributed by atoms with Crippen molar-refractivity contribution in [1.29, 1.82) is 0 Å². The van der Waals surface area contributed by atoms with Crippen molar-refractivity contribution in [3.63, 3.8) is 0 Å². The van der Waals surface area contributed by atoms with Gasteiger partial charge in [-0.2, -0.15) is 0 Å². The second-order valence-corrected chi connectivity index (χ2v) is 5.51. The number of aliphatic hydroxyl groups is 1. The molecule has 3 nitrogen and oxygen atoms in total. The van der Waals surface area contributed by atoms with Gasteiger partial charge in [0, 0.05) is 23.1 Å². The van der Waals surface area contributed by atoms with E-state index in [1.54, 1.807) is 0 Å². The summed E-state index contributed by atoms with van der Waals surface area (Å²) in [5.74, 6) is 0.199. The first-order chi connectivity index (χ1) is 8.08. The molecule has 0 saturated carbocycles. The zero-order chi connectivity index (χ0) is 12.4. The minimum absolute atomic E-state index is 0.0463. The van der Waals surface area contributed by atoms with Crippen molar-refractivity contribution in [2.45, 2.75) is 19.4 Å². The SMILES string of the molecule is CC1CN(C(=O)c2cccc(Br)c2)CCC1O. The van der Waals surface area contributed by atoms with Gasteiger partial charge in [0.1, 0.15) is 0 Å². The van der Waals surface area contributed by atoms with Crippen LogP contribution in [0.1, 0.15) is 23.7 Å². The van der Waals surface area contributed by atoms with Gasteiger partial charge < -0.3 is 10.0 Å². The smallest absolute Gasteiger partial charge is 0.253 e. The van der Waals surface area contributed by atoms with Gasteiger partial charge in [-0.1, -0.05) is 28.9 Å². The van der Waals surface area contributed by atoms with Crippen LogP contribution in [0, 0.1) is 5.92 Å². The van der Waals surface area contributed by atoms with Crippen LogP contribution in [0.15, 0.2) is 28.7 Å². The number of piperidine rings is 1. The zero-order valence-electron chi connectivity index (χ0n) is 9.77.